The molecule has 5 rings (SSSR count). The summed E-state index contributed by atoms with van der Waals surface area (Å²) in [7, 11) is 0. The second-order valence-corrected chi connectivity index (χ2v) is 8.19. The molecule has 5 heteroatoms. The van der Waals surface area contributed by atoms with Gasteiger partial charge >= 0.3 is 0 Å². The molecule has 0 fully saturated rings. The van der Waals surface area contributed by atoms with E-state index in [-0.39, 0.29) is 0 Å². The summed E-state index contributed by atoms with van der Waals surface area (Å²) in [5.41, 5.74) is 7.11. The summed E-state index contributed by atoms with van der Waals surface area (Å²) in [6.45, 7) is 2.82. The zero-order valence-corrected chi connectivity index (χ0v) is 18.6. The zero-order chi connectivity index (χ0) is 21.9. The average molecular weight is 439 g/mol. The van der Waals surface area contributed by atoms with Crippen LogP contribution in [0.1, 0.15) is 11.3 Å². The molecule has 0 radical (unpaired) electrons. The quantitative estimate of drug-likeness (QED) is 0.321. The highest BCUT2D eigenvalue weighted by atomic mass is 35.5. The van der Waals surface area contributed by atoms with Gasteiger partial charge in [-0.15, -0.1) is 0 Å². The van der Waals surface area contributed by atoms with Crippen molar-refractivity contribution in [2.24, 2.45) is 0 Å². The van der Waals surface area contributed by atoms with Crippen molar-refractivity contribution in [2.45, 2.75) is 13.3 Å². The minimum absolute atomic E-state index is 0.712. The summed E-state index contributed by atoms with van der Waals surface area (Å²) in [4.78, 5) is 5.02. The van der Waals surface area contributed by atoms with Gasteiger partial charge < -0.3 is 5.32 Å². The van der Waals surface area contributed by atoms with Crippen molar-refractivity contribution in [3.63, 3.8) is 0 Å². The van der Waals surface area contributed by atoms with Gasteiger partial charge in [-0.25, -0.2) is 4.98 Å². The number of halogens is 1. The monoisotopic (exact) mass is 438 g/mol. The summed E-state index contributed by atoms with van der Waals surface area (Å²) >= 11 is 6.12. The van der Waals surface area contributed by atoms with Crippen LogP contribution in [0.2, 0.25) is 5.02 Å². The fourth-order valence-corrected chi connectivity index (χ4v) is 4.07. The van der Waals surface area contributed by atoms with Crippen molar-refractivity contribution < 1.29 is 0 Å². The number of aromatic nitrogens is 3. The van der Waals surface area contributed by atoms with Gasteiger partial charge in [-0.05, 0) is 36.6 Å². The van der Waals surface area contributed by atoms with Gasteiger partial charge in [0.1, 0.15) is 5.82 Å². The number of hydrogen-bond donors (Lipinski definition) is 1. The van der Waals surface area contributed by atoms with E-state index in [4.69, 9.17) is 21.7 Å². The summed E-state index contributed by atoms with van der Waals surface area (Å²) in [6, 6.07) is 30.6. The van der Waals surface area contributed by atoms with Crippen LogP contribution in [0.15, 0.2) is 91.0 Å². The van der Waals surface area contributed by atoms with Gasteiger partial charge in [-0.1, -0.05) is 84.4 Å². The Bertz CT molecular complexity index is 1340. The van der Waals surface area contributed by atoms with Crippen LogP contribution in [-0.2, 0) is 6.42 Å². The maximum Gasteiger partial charge on any atom is 0.166 e. The molecular formula is C27H23ClN4. The second kappa shape index (κ2) is 8.85. The molecule has 0 aliphatic carbocycles. The van der Waals surface area contributed by atoms with Gasteiger partial charge in [-0.3, -0.25) is 0 Å². The van der Waals surface area contributed by atoms with Gasteiger partial charge in [0.25, 0.3) is 0 Å². The fourth-order valence-electron chi connectivity index (χ4n) is 3.94. The number of rotatable bonds is 6. The first-order valence-electron chi connectivity index (χ1n) is 10.7. The lowest BCUT2D eigenvalue weighted by molar-refractivity contribution is 0.899. The standard InChI is InChI=1S/C27H23ClN4/c1-19-26(22-12-14-23(28)15-13-22)27-30-24(21-10-6-3-7-11-21)18-25(32(27)31-19)29-17-16-20-8-4-2-5-9-20/h2-15,18,29H,16-17H2,1H3. The first-order valence-corrected chi connectivity index (χ1v) is 11.1. The third-order valence-corrected chi connectivity index (χ3v) is 5.78. The Morgan fingerprint density at radius 2 is 1.53 bits per heavy atom. The van der Waals surface area contributed by atoms with E-state index in [0.717, 1.165) is 52.5 Å². The van der Waals surface area contributed by atoms with Crippen LogP contribution in [0.4, 0.5) is 5.82 Å². The molecule has 1 N–H and O–H groups in total. The van der Waals surface area contributed by atoms with Crippen LogP contribution in [0.5, 0.6) is 0 Å². The number of anilines is 1. The highest BCUT2D eigenvalue weighted by Crippen LogP contribution is 2.32. The molecule has 0 aliphatic heterocycles. The maximum atomic E-state index is 6.12. The first-order chi connectivity index (χ1) is 15.7. The molecule has 32 heavy (non-hydrogen) atoms. The Morgan fingerprint density at radius 3 is 2.25 bits per heavy atom. The Balaban J connectivity index is 1.60. The van der Waals surface area contributed by atoms with Crippen LogP contribution in [0.25, 0.3) is 28.0 Å². The van der Waals surface area contributed by atoms with Gasteiger partial charge in [0, 0.05) is 28.8 Å². The molecule has 2 aromatic heterocycles. The Labute approximate surface area is 192 Å². The molecule has 0 saturated heterocycles. The predicted octanol–water partition coefficient (Wildman–Crippen LogP) is 6.68. The molecule has 0 bridgehead atoms. The van der Waals surface area contributed by atoms with E-state index in [1.165, 1.54) is 5.56 Å². The van der Waals surface area contributed by atoms with E-state index >= 15 is 0 Å². The number of benzene rings is 3. The van der Waals surface area contributed by atoms with Gasteiger partial charge in [0.05, 0.1) is 11.4 Å². The normalized spacial score (nSPS) is 11.1. The molecule has 3 aromatic carbocycles. The number of nitrogens with zero attached hydrogens (tertiary/aromatic N) is 3. The molecule has 0 atom stereocenters. The van der Waals surface area contributed by atoms with Crippen molar-refractivity contribution in [1.29, 1.82) is 0 Å². The molecule has 0 aliphatic rings. The summed E-state index contributed by atoms with van der Waals surface area (Å²) in [5.74, 6) is 0.924. The smallest absolute Gasteiger partial charge is 0.166 e. The summed E-state index contributed by atoms with van der Waals surface area (Å²) < 4.78 is 1.91. The minimum atomic E-state index is 0.712. The summed E-state index contributed by atoms with van der Waals surface area (Å²) in [6.07, 6.45) is 0.926. The summed E-state index contributed by atoms with van der Waals surface area (Å²) in [5, 5.41) is 9.13. The molecule has 4 nitrogen and oxygen atoms in total. The van der Waals surface area contributed by atoms with E-state index in [0.29, 0.717) is 5.02 Å². The number of hydrogen-bond acceptors (Lipinski definition) is 3. The fraction of sp³-hybridized carbons (Fsp3) is 0.111. The molecule has 5 aromatic rings. The molecule has 2 heterocycles. The van der Waals surface area contributed by atoms with E-state index < -0.39 is 0 Å². The number of aryl methyl sites for hydroxylation is 1. The molecule has 0 spiro atoms. The van der Waals surface area contributed by atoms with Crippen LogP contribution in [0.3, 0.4) is 0 Å². The van der Waals surface area contributed by atoms with Crippen LogP contribution in [-0.4, -0.2) is 21.1 Å². The molecular weight excluding hydrogens is 416 g/mol. The largest absolute Gasteiger partial charge is 0.370 e. The third-order valence-electron chi connectivity index (χ3n) is 5.53. The zero-order valence-electron chi connectivity index (χ0n) is 17.8. The topological polar surface area (TPSA) is 42.2 Å². The van der Waals surface area contributed by atoms with Crippen LogP contribution < -0.4 is 5.32 Å². The Kier molecular flexibility index (Phi) is 5.61. The van der Waals surface area contributed by atoms with Gasteiger partial charge in [0.2, 0.25) is 0 Å². The van der Waals surface area contributed by atoms with E-state index in [1.807, 2.05) is 60.0 Å². The first kappa shape index (κ1) is 20.3. The lowest BCUT2D eigenvalue weighted by atomic mass is 10.1. The molecule has 0 amide bonds. The van der Waals surface area contributed by atoms with Crippen molar-refractivity contribution in [1.82, 2.24) is 14.6 Å². The van der Waals surface area contributed by atoms with E-state index in [2.05, 4.69) is 47.8 Å². The highest BCUT2D eigenvalue weighted by Gasteiger charge is 2.17. The Hall–Kier alpha value is -3.63. The van der Waals surface area contributed by atoms with Crippen molar-refractivity contribution in [2.75, 3.05) is 11.9 Å². The SMILES string of the molecule is Cc1nn2c(NCCc3ccccc3)cc(-c3ccccc3)nc2c1-c1ccc(Cl)cc1. The third kappa shape index (κ3) is 4.10. The highest BCUT2D eigenvalue weighted by molar-refractivity contribution is 6.30. The number of fused-ring (bicyclic) bond motifs is 1. The minimum Gasteiger partial charge on any atom is -0.370 e. The lowest BCUT2D eigenvalue weighted by Gasteiger charge is -2.11. The molecule has 0 unspecified atom stereocenters. The van der Waals surface area contributed by atoms with Crippen molar-refractivity contribution in [3.8, 4) is 22.4 Å². The Morgan fingerprint density at radius 1 is 0.844 bits per heavy atom. The number of nitrogens with one attached hydrogen (secondary N) is 1. The van der Waals surface area contributed by atoms with Crippen LogP contribution >= 0.6 is 11.6 Å². The second-order valence-electron chi connectivity index (χ2n) is 7.76. The van der Waals surface area contributed by atoms with Crippen molar-refractivity contribution >= 4 is 23.1 Å². The molecule has 0 saturated carbocycles. The lowest BCUT2D eigenvalue weighted by Crippen LogP contribution is -2.10. The molecule has 158 valence electrons. The van der Waals surface area contributed by atoms with E-state index in [9.17, 15) is 0 Å². The van der Waals surface area contributed by atoms with Gasteiger partial charge in [-0.2, -0.15) is 9.61 Å². The van der Waals surface area contributed by atoms with Crippen LogP contribution in [0, 0.1) is 6.92 Å². The van der Waals surface area contributed by atoms with Crippen molar-refractivity contribution in [3.05, 3.63) is 107 Å². The predicted molar refractivity (Wildman–Crippen MR) is 132 cm³/mol. The van der Waals surface area contributed by atoms with Gasteiger partial charge in [0.15, 0.2) is 5.65 Å². The van der Waals surface area contributed by atoms with E-state index in [1.54, 1.807) is 0 Å². The average Bonchev–Trinajstić information content (AvgIpc) is 3.17. The maximum absolute atomic E-state index is 6.12.